The van der Waals surface area contributed by atoms with Crippen LogP contribution in [0.4, 0.5) is 0 Å². The van der Waals surface area contributed by atoms with Crippen molar-refractivity contribution >= 4 is 29.3 Å². The van der Waals surface area contributed by atoms with Crippen LogP contribution < -0.4 is 0 Å². The predicted octanol–water partition coefficient (Wildman–Crippen LogP) is 1.58. The third kappa shape index (κ3) is 1.81. The van der Waals surface area contributed by atoms with Crippen LogP contribution in [-0.2, 0) is 11.8 Å². The molecule has 1 aromatic heterocycles. The second-order valence-electron chi connectivity index (χ2n) is 2.29. The number of hydrogen-bond donors (Lipinski definition) is 0. The topological polar surface area (TPSA) is 44.1 Å². The van der Waals surface area contributed by atoms with Crippen LogP contribution in [0.3, 0.4) is 0 Å². The molecule has 1 rings (SSSR count). The Morgan fingerprint density at radius 3 is 2.69 bits per heavy atom. The molecule has 0 fully saturated rings. The molecule has 72 valence electrons. The summed E-state index contributed by atoms with van der Waals surface area (Å²) in [5.74, 6) is -0.513. The highest BCUT2D eigenvalue weighted by atomic mass is 35.5. The lowest BCUT2D eigenvalue weighted by atomic mass is 10.5. The normalized spacial score (nSPS) is 10.2. The lowest BCUT2D eigenvalue weighted by Crippen LogP contribution is -2.02. The summed E-state index contributed by atoms with van der Waals surface area (Å²) in [6.07, 6.45) is 1.86. The molecule has 0 unspecified atom stereocenters. The van der Waals surface area contributed by atoms with Crippen molar-refractivity contribution in [3.8, 4) is 0 Å². The number of esters is 1. The molecule has 0 N–H and O–H groups in total. The molecule has 0 aliphatic carbocycles. The van der Waals surface area contributed by atoms with Crippen LogP contribution in [-0.4, -0.2) is 28.9 Å². The van der Waals surface area contributed by atoms with Gasteiger partial charge < -0.3 is 9.30 Å². The Hall–Kier alpha value is -0.680. The molecular formula is C7H9ClN2O2S. The maximum atomic E-state index is 11.1. The number of hydrogen-bond acceptors (Lipinski definition) is 4. The van der Waals surface area contributed by atoms with Gasteiger partial charge >= 0.3 is 5.97 Å². The van der Waals surface area contributed by atoms with Crippen LogP contribution in [0.25, 0.3) is 0 Å². The first-order valence-corrected chi connectivity index (χ1v) is 5.06. The zero-order valence-electron chi connectivity index (χ0n) is 7.50. The van der Waals surface area contributed by atoms with Gasteiger partial charge in [0.25, 0.3) is 0 Å². The van der Waals surface area contributed by atoms with E-state index in [2.05, 4.69) is 9.72 Å². The highest BCUT2D eigenvalue weighted by Gasteiger charge is 2.19. The number of rotatable bonds is 2. The highest BCUT2D eigenvalue weighted by molar-refractivity contribution is 7.98. The summed E-state index contributed by atoms with van der Waals surface area (Å²) in [6.45, 7) is 0. The van der Waals surface area contributed by atoms with Gasteiger partial charge in [0.05, 0.1) is 7.11 Å². The van der Waals surface area contributed by atoms with Crippen LogP contribution in [0, 0.1) is 0 Å². The molecule has 1 aromatic rings. The number of carbonyl (C=O) groups excluding carboxylic acids is 1. The second kappa shape index (κ2) is 4.02. The van der Waals surface area contributed by atoms with E-state index in [4.69, 9.17) is 11.6 Å². The smallest absolute Gasteiger partial charge is 0.359 e. The zero-order chi connectivity index (χ0) is 10.0. The van der Waals surface area contributed by atoms with Gasteiger partial charge in [0.1, 0.15) is 5.15 Å². The fourth-order valence-corrected chi connectivity index (χ4v) is 1.67. The number of ether oxygens (including phenoxy) is 1. The molecular weight excluding hydrogens is 212 g/mol. The number of thioether (sulfide) groups is 1. The van der Waals surface area contributed by atoms with Gasteiger partial charge in [-0.05, 0) is 6.26 Å². The molecule has 13 heavy (non-hydrogen) atoms. The highest BCUT2D eigenvalue weighted by Crippen LogP contribution is 2.22. The molecule has 0 saturated carbocycles. The molecule has 4 nitrogen and oxygen atoms in total. The summed E-state index contributed by atoms with van der Waals surface area (Å²) in [5, 5.41) is 0.988. The molecule has 0 aliphatic heterocycles. The summed E-state index contributed by atoms with van der Waals surface area (Å²) in [5.41, 5.74) is 0.163. The van der Waals surface area contributed by atoms with Gasteiger partial charge in [0.15, 0.2) is 10.9 Å². The van der Waals surface area contributed by atoms with E-state index in [1.54, 1.807) is 11.6 Å². The first-order chi connectivity index (χ1) is 6.11. The van der Waals surface area contributed by atoms with E-state index in [0.717, 1.165) is 0 Å². The first kappa shape index (κ1) is 10.4. The van der Waals surface area contributed by atoms with Crippen molar-refractivity contribution in [1.29, 1.82) is 0 Å². The lowest BCUT2D eigenvalue weighted by molar-refractivity contribution is 0.0594. The minimum absolute atomic E-state index is 0.163. The lowest BCUT2D eigenvalue weighted by Gasteiger charge is -1.96. The van der Waals surface area contributed by atoms with Gasteiger partial charge in [-0.2, -0.15) is 0 Å². The van der Waals surface area contributed by atoms with Crippen molar-refractivity contribution < 1.29 is 9.53 Å². The molecule has 0 aromatic carbocycles. The van der Waals surface area contributed by atoms with E-state index in [0.29, 0.717) is 10.3 Å². The fourth-order valence-electron chi connectivity index (χ4n) is 0.869. The number of methoxy groups -OCH3 is 1. The van der Waals surface area contributed by atoms with Crippen molar-refractivity contribution in [2.24, 2.45) is 7.05 Å². The van der Waals surface area contributed by atoms with E-state index in [-0.39, 0.29) is 5.69 Å². The summed E-state index contributed by atoms with van der Waals surface area (Å²) < 4.78 is 6.16. The number of nitrogens with zero attached hydrogens (tertiary/aromatic N) is 2. The Kier molecular flexibility index (Phi) is 3.22. The Labute approximate surface area is 85.2 Å². The number of imidazole rings is 1. The van der Waals surface area contributed by atoms with E-state index < -0.39 is 5.97 Å². The zero-order valence-corrected chi connectivity index (χ0v) is 9.07. The van der Waals surface area contributed by atoms with Crippen molar-refractivity contribution in [1.82, 2.24) is 9.55 Å². The van der Waals surface area contributed by atoms with Gasteiger partial charge in [-0.1, -0.05) is 23.4 Å². The maximum Gasteiger partial charge on any atom is 0.359 e. The predicted molar refractivity (Wildman–Crippen MR) is 51.3 cm³/mol. The molecule has 0 saturated heterocycles. The van der Waals surface area contributed by atoms with Crippen molar-refractivity contribution in [2.75, 3.05) is 13.4 Å². The number of carbonyl (C=O) groups is 1. The fraction of sp³-hybridized carbons (Fsp3) is 0.429. The Balaban J connectivity index is 3.17. The van der Waals surface area contributed by atoms with Crippen LogP contribution in [0.5, 0.6) is 0 Å². The molecule has 0 amide bonds. The molecule has 0 atom stereocenters. The van der Waals surface area contributed by atoms with Gasteiger partial charge in [0.2, 0.25) is 0 Å². The average molecular weight is 221 g/mol. The molecule has 6 heteroatoms. The van der Waals surface area contributed by atoms with Crippen LogP contribution >= 0.6 is 23.4 Å². The van der Waals surface area contributed by atoms with E-state index in [1.165, 1.54) is 18.9 Å². The molecule has 0 radical (unpaired) electrons. The molecule has 0 spiro atoms. The Morgan fingerprint density at radius 1 is 1.69 bits per heavy atom. The van der Waals surface area contributed by atoms with Gasteiger partial charge in [0, 0.05) is 7.05 Å². The minimum Gasteiger partial charge on any atom is -0.464 e. The van der Waals surface area contributed by atoms with Gasteiger partial charge in [-0.15, -0.1) is 0 Å². The summed E-state index contributed by atoms with van der Waals surface area (Å²) >= 11 is 7.27. The quantitative estimate of drug-likeness (QED) is 0.561. The Bertz CT molecular complexity index is 337. The Morgan fingerprint density at radius 2 is 2.31 bits per heavy atom. The third-order valence-corrected chi connectivity index (χ3v) is 2.71. The number of aromatic nitrogens is 2. The molecule has 0 aliphatic rings. The standard InChI is InChI=1S/C7H9ClN2O2S/c1-10-5(8)4(6(11)12-2)9-7(10)13-3/h1-3H3. The monoisotopic (exact) mass is 220 g/mol. The van der Waals surface area contributed by atoms with Crippen molar-refractivity contribution in [3.63, 3.8) is 0 Å². The second-order valence-corrected chi connectivity index (χ2v) is 3.42. The largest absolute Gasteiger partial charge is 0.464 e. The van der Waals surface area contributed by atoms with Gasteiger partial charge in [-0.3, -0.25) is 0 Å². The SMILES string of the molecule is COC(=O)c1nc(SC)n(C)c1Cl. The van der Waals surface area contributed by atoms with E-state index in [9.17, 15) is 4.79 Å². The van der Waals surface area contributed by atoms with Crippen molar-refractivity contribution in [3.05, 3.63) is 10.8 Å². The van der Waals surface area contributed by atoms with Crippen molar-refractivity contribution in [2.45, 2.75) is 5.16 Å². The summed E-state index contributed by atoms with van der Waals surface area (Å²) in [6, 6.07) is 0. The molecule has 1 heterocycles. The number of halogens is 1. The molecule has 0 bridgehead atoms. The van der Waals surface area contributed by atoms with E-state index >= 15 is 0 Å². The summed E-state index contributed by atoms with van der Waals surface area (Å²) in [4.78, 5) is 15.1. The van der Waals surface area contributed by atoms with Crippen LogP contribution in [0.15, 0.2) is 5.16 Å². The van der Waals surface area contributed by atoms with Crippen LogP contribution in [0.1, 0.15) is 10.5 Å². The summed E-state index contributed by atoms with van der Waals surface area (Å²) in [7, 11) is 3.04. The van der Waals surface area contributed by atoms with E-state index in [1.807, 2.05) is 6.26 Å². The third-order valence-electron chi connectivity index (χ3n) is 1.55. The average Bonchev–Trinajstić information content (AvgIpc) is 2.43. The first-order valence-electron chi connectivity index (χ1n) is 3.46. The van der Waals surface area contributed by atoms with Gasteiger partial charge in [-0.25, -0.2) is 9.78 Å². The van der Waals surface area contributed by atoms with Crippen LogP contribution in [0.2, 0.25) is 5.15 Å². The maximum absolute atomic E-state index is 11.1. The minimum atomic E-state index is -0.513.